The summed E-state index contributed by atoms with van der Waals surface area (Å²) in [5.74, 6) is 0.0476. The van der Waals surface area contributed by atoms with Crippen LogP contribution in [-0.2, 0) is 10.2 Å². The van der Waals surface area contributed by atoms with Crippen LogP contribution in [-0.4, -0.2) is 5.91 Å². The molecule has 27 heavy (non-hydrogen) atoms. The van der Waals surface area contributed by atoms with Crippen molar-refractivity contribution in [2.45, 2.75) is 32.6 Å². The van der Waals surface area contributed by atoms with Gasteiger partial charge in [-0.15, -0.1) is 0 Å². The van der Waals surface area contributed by atoms with Crippen molar-refractivity contribution in [2.75, 3.05) is 5.32 Å². The van der Waals surface area contributed by atoms with Gasteiger partial charge in [0, 0.05) is 11.1 Å². The number of hydrogen-bond acceptors (Lipinski definition) is 1. The number of hydrogen-bond donors (Lipinski definition) is 1. The van der Waals surface area contributed by atoms with Crippen molar-refractivity contribution in [2.24, 2.45) is 5.92 Å². The van der Waals surface area contributed by atoms with Gasteiger partial charge in [0.05, 0.1) is 5.92 Å². The SMILES string of the molecule is Cc1ccc(NC(=O)C2CC2(c2ccccc2C)c2ccccc2C)cc1. The van der Waals surface area contributed by atoms with E-state index in [4.69, 9.17) is 0 Å². The molecule has 1 saturated carbocycles. The zero-order chi connectivity index (χ0) is 19.0. The molecule has 1 fully saturated rings. The molecule has 3 aromatic carbocycles. The highest BCUT2D eigenvalue weighted by Crippen LogP contribution is 2.60. The second-order valence-corrected chi connectivity index (χ2v) is 7.71. The van der Waals surface area contributed by atoms with Gasteiger partial charge in [0.15, 0.2) is 0 Å². The Morgan fingerprint density at radius 2 is 1.33 bits per heavy atom. The van der Waals surface area contributed by atoms with Crippen LogP contribution in [0.5, 0.6) is 0 Å². The summed E-state index contributed by atoms with van der Waals surface area (Å²) < 4.78 is 0. The van der Waals surface area contributed by atoms with Gasteiger partial charge in [0.25, 0.3) is 0 Å². The lowest BCUT2D eigenvalue weighted by Gasteiger charge is -2.23. The number of amides is 1. The van der Waals surface area contributed by atoms with Crippen molar-refractivity contribution in [1.29, 1.82) is 0 Å². The minimum absolute atomic E-state index is 0.0546. The fourth-order valence-electron chi connectivity index (χ4n) is 4.33. The van der Waals surface area contributed by atoms with Gasteiger partial charge in [-0.25, -0.2) is 0 Å². The van der Waals surface area contributed by atoms with Gasteiger partial charge in [0.1, 0.15) is 0 Å². The monoisotopic (exact) mass is 355 g/mol. The summed E-state index contributed by atoms with van der Waals surface area (Å²) in [4.78, 5) is 13.1. The topological polar surface area (TPSA) is 29.1 Å². The quantitative estimate of drug-likeness (QED) is 0.652. The van der Waals surface area contributed by atoms with Crippen LogP contribution in [0.2, 0.25) is 0 Å². The van der Waals surface area contributed by atoms with E-state index in [9.17, 15) is 4.79 Å². The molecular formula is C25H25NO. The number of rotatable bonds is 4. The third kappa shape index (κ3) is 3.06. The molecule has 1 atom stereocenters. The van der Waals surface area contributed by atoms with Crippen molar-refractivity contribution < 1.29 is 4.79 Å². The van der Waals surface area contributed by atoms with Gasteiger partial charge < -0.3 is 5.32 Å². The maximum atomic E-state index is 13.1. The van der Waals surface area contributed by atoms with Gasteiger partial charge in [0.2, 0.25) is 5.91 Å². The number of carbonyl (C=O) groups is 1. The standard InChI is InChI=1S/C25H25NO/c1-17-12-14-20(15-13-17)26-24(27)23-16-25(23,21-10-6-4-8-18(21)2)22-11-7-5-9-19(22)3/h4-15,23H,16H2,1-3H3,(H,26,27). The number of aryl methyl sites for hydroxylation is 3. The average molecular weight is 355 g/mol. The predicted octanol–water partition coefficient (Wildman–Crippen LogP) is 5.56. The lowest BCUT2D eigenvalue weighted by Crippen LogP contribution is -2.23. The van der Waals surface area contributed by atoms with E-state index in [1.807, 2.05) is 31.2 Å². The summed E-state index contributed by atoms with van der Waals surface area (Å²) in [5, 5.41) is 3.13. The second-order valence-electron chi connectivity index (χ2n) is 7.71. The van der Waals surface area contributed by atoms with Crippen molar-refractivity contribution in [1.82, 2.24) is 0 Å². The Morgan fingerprint density at radius 1 is 0.815 bits per heavy atom. The highest BCUT2D eigenvalue weighted by atomic mass is 16.2. The lowest BCUT2D eigenvalue weighted by atomic mass is 9.81. The first-order chi connectivity index (χ1) is 13.0. The Morgan fingerprint density at radius 3 is 1.85 bits per heavy atom. The molecule has 0 heterocycles. The maximum absolute atomic E-state index is 13.1. The van der Waals surface area contributed by atoms with Crippen LogP contribution in [0.25, 0.3) is 0 Å². The smallest absolute Gasteiger partial charge is 0.228 e. The molecular weight excluding hydrogens is 330 g/mol. The summed E-state index contributed by atoms with van der Waals surface area (Å²) in [6, 6.07) is 24.9. The van der Waals surface area contributed by atoms with E-state index in [0.717, 1.165) is 12.1 Å². The summed E-state index contributed by atoms with van der Waals surface area (Å²) in [7, 11) is 0. The van der Waals surface area contributed by atoms with Crippen LogP contribution in [0.15, 0.2) is 72.8 Å². The summed E-state index contributed by atoms with van der Waals surface area (Å²) in [6.07, 6.45) is 0.848. The second kappa shape index (κ2) is 6.70. The third-order valence-corrected chi connectivity index (χ3v) is 5.85. The molecule has 1 unspecified atom stereocenters. The molecule has 1 amide bonds. The summed E-state index contributed by atoms with van der Waals surface area (Å²) in [6.45, 7) is 6.33. The van der Waals surface area contributed by atoms with Crippen LogP contribution in [0, 0.1) is 26.7 Å². The van der Waals surface area contributed by atoms with Crippen molar-refractivity contribution in [3.05, 3.63) is 101 Å². The number of nitrogens with one attached hydrogen (secondary N) is 1. The highest BCUT2D eigenvalue weighted by Gasteiger charge is 2.61. The molecule has 0 saturated heterocycles. The molecule has 2 heteroatoms. The Kier molecular flexibility index (Phi) is 4.35. The molecule has 1 N–H and O–H groups in total. The lowest BCUT2D eigenvalue weighted by molar-refractivity contribution is -0.117. The van der Waals surface area contributed by atoms with Crippen molar-refractivity contribution in [3.63, 3.8) is 0 Å². The van der Waals surface area contributed by atoms with E-state index in [0.29, 0.717) is 0 Å². The minimum atomic E-state index is -0.231. The van der Waals surface area contributed by atoms with Crippen LogP contribution in [0.1, 0.15) is 34.2 Å². The molecule has 136 valence electrons. The van der Waals surface area contributed by atoms with Crippen LogP contribution in [0.3, 0.4) is 0 Å². The van der Waals surface area contributed by atoms with Crippen molar-refractivity contribution in [3.8, 4) is 0 Å². The van der Waals surface area contributed by atoms with E-state index in [-0.39, 0.29) is 17.2 Å². The summed E-state index contributed by atoms with van der Waals surface area (Å²) in [5.41, 5.74) is 6.84. The van der Waals surface area contributed by atoms with E-state index in [1.165, 1.54) is 27.8 Å². The largest absolute Gasteiger partial charge is 0.326 e. The van der Waals surface area contributed by atoms with Gasteiger partial charge in [-0.1, -0.05) is 66.2 Å². The maximum Gasteiger partial charge on any atom is 0.228 e. The van der Waals surface area contributed by atoms with Crippen LogP contribution >= 0.6 is 0 Å². The fourth-order valence-corrected chi connectivity index (χ4v) is 4.33. The summed E-state index contributed by atoms with van der Waals surface area (Å²) >= 11 is 0. The van der Waals surface area contributed by atoms with E-state index in [1.54, 1.807) is 0 Å². The number of anilines is 1. The average Bonchev–Trinajstić information content (AvgIpc) is 3.41. The Hall–Kier alpha value is -2.87. The number of benzene rings is 3. The third-order valence-electron chi connectivity index (χ3n) is 5.85. The molecule has 0 bridgehead atoms. The first kappa shape index (κ1) is 17.5. The van der Waals surface area contributed by atoms with Crippen LogP contribution in [0.4, 0.5) is 5.69 Å². The van der Waals surface area contributed by atoms with E-state index >= 15 is 0 Å². The van der Waals surface area contributed by atoms with Gasteiger partial charge in [-0.2, -0.15) is 0 Å². The minimum Gasteiger partial charge on any atom is -0.326 e. The first-order valence-corrected chi connectivity index (χ1v) is 9.52. The molecule has 2 nitrogen and oxygen atoms in total. The number of carbonyl (C=O) groups excluding carboxylic acids is 1. The van der Waals surface area contributed by atoms with Crippen LogP contribution < -0.4 is 5.32 Å². The van der Waals surface area contributed by atoms with Crippen molar-refractivity contribution >= 4 is 11.6 Å². The van der Waals surface area contributed by atoms with E-state index in [2.05, 4.69) is 67.7 Å². The molecule has 1 aliphatic carbocycles. The Labute approximate surface area is 161 Å². The molecule has 3 aromatic rings. The predicted molar refractivity (Wildman–Crippen MR) is 111 cm³/mol. The molecule has 4 rings (SSSR count). The zero-order valence-electron chi connectivity index (χ0n) is 16.1. The van der Waals surface area contributed by atoms with Gasteiger partial charge >= 0.3 is 0 Å². The van der Waals surface area contributed by atoms with E-state index < -0.39 is 0 Å². The Bertz CT molecular complexity index is 942. The first-order valence-electron chi connectivity index (χ1n) is 9.52. The molecule has 0 spiro atoms. The normalized spacial score (nSPS) is 17.4. The molecule has 0 aromatic heterocycles. The zero-order valence-corrected chi connectivity index (χ0v) is 16.1. The molecule has 1 aliphatic rings. The fraction of sp³-hybridized carbons (Fsp3) is 0.240. The Balaban J connectivity index is 1.72. The van der Waals surface area contributed by atoms with Gasteiger partial charge in [-0.05, 0) is 61.6 Å². The molecule has 0 radical (unpaired) electrons. The molecule has 0 aliphatic heterocycles. The van der Waals surface area contributed by atoms with Gasteiger partial charge in [-0.3, -0.25) is 4.79 Å². The highest BCUT2D eigenvalue weighted by molar-refractivity contribution is 5.97.